The van der Waals surface area contributed by atoms with E-state index in [0.29, 0.717) is 30.2 Å². The van der Waals surface area contributed by atoms with Crippen LogP contribution in [0.2, 0.25) is 0 Å². The Bertz CT molecular complexity index is 1210. The highest BCUT2D eigenvalue weighted by molar-refractivity contribution is 5.90. The Morgan fingerprint density at radius 1 is 1.25 bits per heavy atom. The van der Waals surface area contributed by atoms with Gasteiger partial charge >= 0.3 is 12.2 Å². The van der Waals surface area contributed by atoms with E-state index in [9.17, 15) is 26.7 Å². The minimum absolute atomic E-state index is 0.0275. The topological polar surface area (TPSA) is 93.8 Å². The van der Waals surface area contributed by atoms with Crippen LogP contribution in [-0.2, 0) is 28.7 Å². The van der Waals surface area contributed by atoms with E-state index < -0.39 is 46.6 Å². The first-order valence-electron chi connectivity index (χ1n) is 11.0. The number of piperazine rings is 1. The van der Waals surface area contributed by atoms with E-state index >= 15 is 0 Å². The van der Waals surface area contributed by atoms with Crippen molar-refractivity contribution in [2.24, 2.45) is 0 Å². The molecular formula is C23H24F5N5O3. The van der Waals surface area contributed by atoms with E-state index in [1.54, 1.807) is 0 Å². The lowest BCUT2D eigenvalue weighted by atomic mass is 9.91. The number of fused-ring (bicyclic) bond motifs is 1. The fourth-order valence-electron chi connectivity index (χ4n) is 4.59. The molecule has 3 heterocycles. The van der Waals surface area contributed by atoms with Crippen molar-refractivity contribution >= 4 is 17.4 Å². The molecule has 1 saturated heterocycles. The third-order valence-corrected chi connectivity index (χ3v) is 6.27. The standard InChI is InChI=1S/C23H24F5N5O3/c1-11-8-14(29)19(25)17(18(11)23(26,27)28)16-9-15-13(10-36-16)20(31-22(30-15)35-3)32-4-6-33(7-5-32)21(34)12(2)24/h8,16H,2,4-7,9-10,29H2,1,3H3/t16-/m0/s1. The van der Waals surface area contributed by atoms with Gasteiger partial charge in [-0.2, -0.15) is 23.1 Å². The molecule has 13 heteroatoms. The molecule has 0 radical (unpaired) electrons. The zero-order valence-corrected chi connectivity index (χ0v) is 19.6. The number of alkyl halides is 3. The summed E-state index contributed by atoms with van der Waals surface area (Å²) < 4.78 is 80.7. The van der Waals surface area contributed by atoms with Gasteiger partial charge in [0.05, 0.1) is 36.8 Å². The third-order valence-electron chi connectivity index (χ3n) is 6.27. The van der Waals surface area contributed by atoms with Crippen LogP contribution >= 0.6 is 0 Å². The van der Waals surface area contributed by atoms with Crippen molar-refractivity contribution in [1.29, 1.82) is 0 Å². The number of carbonyl (C=O) groups is 1. The van der Waals surface area contributed by atoms with Gasteiger partial charge in [-0.05, 0) is 18.6 Å². The average Bonchev–Trinajstić information content (AvgIpc) is 2.83. The fraction of sp³-hybridized carbons (Fsp3) is 0.435. The van der Waals surface area contributed by atoms with Crippen molar-refractivity contribution in [1.82, 2.24) is 14.9 Å². The summed E-state index contributed by atoms with van der Waals surface area (Å²) >= 11 is 0. The van der Waals surface area contributed by atoms with Crippen molar-refractivity contribution in [2.45, 2.75) is 32.2 Å². The van der Waals surface area contributed by atoms with E-state index in [-0.39, 0.29) is 37.7 Å². The van der Waals surface area contributed by atoms with Gasteiger partial charge in [0.1, 0.15) is 5.82 Å². The summed E-state index contributed by atoms with van der Waals surface area (Å²) in [4.78, 5) is 23.7. The maximum atomic E-state index is 15.0. The van der Waals surface area contributed by atoms with E-state index in [1.807, 2.05) is 4.90 Å². The number of nitrogen functional groups attached to an aromatic ring is 1. The number of anilines is 2. The lowest BCUT2D eigenvalue weighted by Crippen LogP contribution is -2.49. The molecule has 0 spiro atoms. The molecule has 194 valence electrons. The van der Waals surface area contributed by atoms with Crippen molar-refractivity contribution in [3.8, 4) is 6.01 Å². The molecule has 1 fully saturated rings. The number of nitrogens with two attached hydrogens (primary N) is 1. The molecule has 2 aliphatic rings. The average molecular weight is 513 g/mol. The van der Waals surface area contributed by atoms with E-state index in [1.165, 1.54) is 18.9 Å². The van der Waals surface area contributed by atoms with Crippen molar-refractivity contribution < 1.29 is 36.2 Å². The number of benzene rings is 1. The van der Waals surface area contributed by atoms with Gasteiger partial charge in [-0.15, -0.1) is 0 Å². The molecule has 1 aromatic carbocycles. The molecule has 0 aliphatic carbocycles. The Morgan fingerprint density at radius 2 is 1.92 bits per heavy atom. The SMILES string of the molecule is C=C(F)C(=O)N1CCN(c2nc(OC)nc3c2CO[C@H](c2c(F)c(N)cc(C)c2C(F)(F)F)C3)CC1. The lowest BCUT2D eigenvalue weighted by molar-refractivity contribution is -0.140. The van der Waals surface area contributed by atoms with Crippen molar-refractivity contribution in [3.05, 3.63) is 52.2 Å². The normalized spacial score (nSPS) is 18.1. The number of aryl methyl sites for hydroxylation is 1. The van der Waals surface area contributed by atoms with Crippen LogP contribution in [0.5, 0.6) is 6.01 Å². The van der Waals surface area contributed by atoms with Gasteiger partial charge in [0.25, 0.3) is 5.91 Å². The van der Waals surface area contributed by atoms with Crippen LogP contribution < -0.4 is 15.4 Å². The van der Waals surface area contributed by atoms with Gasteiger partial charge in [-0.1, -0.05) is 6.58 Å². The minimum atomic E-state index is -4.83. The number of carbonyl (C=O) groups excluding carboxylic acids is 1. The highest BCUT2D eigenvalue weighted by Crippen LogP contribution is 2.44. The minimum Gasteiger partial charge on any atom is -0.467 e. The van der Waals surface area contributed by atoms with Crippen LogP contribution in [0.15, 0.2) is 18.5 Å². The molecule has 0 saturated carbocycles. The quantitative estimate of drug-likeness (QED) is 0.380. The van der Waals surface area contributed by atoms with Gasteiger partial charge < -0.3 is 25.0 Å². The monoisotopic (exact) mass is 513 g/mol. The Labute approximate surface area is 203 Å². The van der Waals surface area contributed by atoms with Crippen LogP contribution in [0.3, 0.4) is 0 Å². The summed E-state index contributed by atoms with van der Waals surface area (Å²) in [6.45, 7) is 5.06. The zero-order valence-electron chi connectivity index (χ0n) is 19.6. The Kier molecular flexibility index (Phi) is 6.78. The Morgan fingerprint density at radius 3 is 2.50 bits per heavy atom. The molecule has 0 unspecified atom stereocenters. The van der Waals surface area contributed by atoms with Gasteiger partial charge in [-0.3, -0.25) is 4.79 Å². The maximum absolute atomic E-state index is 15.0. The second-order valence-electron chi connectivity index (χ2n) is 8.53. The number of ether oxygens (including phenoxy) is 2. The van der Waals surface area contributed by atoms with Gasteiger partial charge in [0, 0.05) is 43.7 Å². The second-order valence-corrected chi connectivity index (χ2v) is 8.53. The smallest absolute Gasteiger partial charge is 0.417 e. The van der Waals surface area contributed by atoms with E-state index in [2.05, 4.69) is 16.5 Å². The maximum Gasteiger partial charge on any atom is 0.417 e. The molecule has 8 nitrogen and oxygen atoms in total. The first-order valence-corrected chi connectivity index (χ1v) is 11.0. The predicted octanol–water partition coefficient (Wildman–Crippen LogP) is 3.48. The van der Waals surface area contributed by atoms with Crippen LogP contribution in [0.4, 0.5) is 33.5 Å². The summed E-state index contributed by atoms with van der Waals surface area (Å²) in [7, 11) is 1.34. The first-order chi connectivity index (χ1) is 16.9. The number of amides is 1. The highest BCUT2D eigenvalue weighted by atomic mass is 19.4. The molecule has 0 bridgehead atoms. The van der Waals surface area contributed by atoms with Gasteiger partial charge in [0.2, 0.25) is 0 Å². The summed E-state index contributed by atoms with van der Waals surface area (Å²) in [5.74, 6) is -2.60. The molecule has 1 aromatic heterocycles. The number of hydrogen-bond donors (Lipinski definition) is 1. The number of rotatable bonds is 4. The number of hydrogen-bond acceptors (Lipinski definition) is 7. The summed E-state index contributed by atoms with van der Waals surface area (Å²) in [6, 6.07) is 0.921. The highest BCUT2D eigenvalue weighted by Gasteiger charge is 2.41. The number of aromatic nitrogens is 2. The number of methoxy groups -OCH3 is 1. The van der Waals surface area contributed by atoms with Crippen LogP contribution in [0.1, 0.15) is 34.1 Å². The molecule has 4 rings (SSSR count). The van der Waals surface area contributed by atoms with Crippen molar-refractivity contribution in [3.63, 3.8) is 0 Å². The molecule has 1 atom stereocenters. The van der Waals surface area contributed by atoms with Crippen LogP contribution in [0.25, 0.3) is 0 Å². The van der Waals surface area contributed by atoms with Gasteiger partial charge in [-0.25, -0.2) is 8.78 Å². The Hall–Kier alpha value is -3.48. The molecule has 1 amide bonds. The Balaban J connectivity index is 1.68. The third kappa shape index (κ3) is 4.66. The molecule has 36 heavy (non-hydrogen) atoms. The van der Waals surface area contributed by atoms with Crippen molar-refractivity contribution in [2.75, 3.05) is 43.9 Å². The van der Waals surface area contributed by atoms with Gasteiger partial charge in [0.15, 0.2) is 11.6 Å². The first kappa shape index (κ1) is 25.6. The molecule has 2 aromatic rings. The number of halogens is 5. The second kappa shape index (κ2) is 9.52. The predicted molar refractivity (Wildman–Crippen MR) is 119 cm³/mol. The fourth-order valence-corrected chi connectivity index (χ4v) is 4.59. The summed E-state index contributed by atoms with van der Waals surface area (Å²) in [5, 5.41) is 0. The van der Waals surface area contributed by atoms with E-state index in [4.69, 9.17) is 15.2 Å². The largest absolute Gasteiger partial charge is 0.467 e. The molecular weight excluding hydrogens is 489 g/mol. The van der Waals surface area contributed by atoms with Crippen LogP contribution in [-0.4, -0.2) is 54.1 Å². The summed E-state index contributed by atoms with van der Waals surface area (Å²) in [6.07, 6.45) is -6.30. The zero-order chi connectivity index (χ0) is 26.4. The summed E-state index contributed by atoms with van der Waals surface area (Å²) in [5.41, 5.74) is 4.09. The molecule has 2 N–H and O–H groups in total. The molecule has 2 aliphatic heterocycles. The number of nitrogens with zero attached hydrogens (tertiary/aromatic N) is 4. The van der Waals surface area contributed by atoms with E-state index in [0.717, 1.165) is 6.07 Å². The van der Waals surface area contributed by atoms with Crippen LogP contribution in [0, 0.1) is 12.7 Å². The lowest BCUT2D eigenvalue weighted by Gasteiger charge is -2.37.